The maximum Gasteiger partial charge on any atom is 0.161 e. The van der Waals surface area contributed by atoms with Crippen molar-refractivity contribution in [2.75, 3.05) is 4.90 Å². The maximum absolute atomic E-state index is 13.5. The first-order chi connectivity index (χ1) is 14.1. The molecule has 0 aromatic heterocycles. The number of para-hydroxylation sites is 1. The fourth-order valence-electron chi connectivity index (χ4n) is 4.46. The standard InChI is InChI=1S/C23H17FN4O/c24-14-10-8-13(9-11-14)20-16(12-25)23-27-22(26)15-4-1-2-5-17(15)28(23)18-6-3-7-19(29)21(18)20/h1-2,4-5,8-11,20H,3,6-7H2,(H2,26,27)/t20-/m1/s1. The van der Waals surface area contributed by atoms with Crippen molar-refractivity contribution in [3.05, 3.63) is 88.1 Å². The monoisotopic (exact) mass is 384 g/mol. The highest BCUT2D eigenvalue weighted by Crippen LogP contribution is 2.49. The van der Waals surface area contributed by atoms with Crippen molar-refractivity contribution in [3.8, 4) is 6.07 Å². The van der Waals surface area contributed by atoms with Gasteiger partial charge in [0.15, 0.2) is 11.6 Å². The van der Waals surface area contributed by atoms with Crippen molar-refractivity contribution in [3.63, 3.8) is 0 Å². The molecule has 3 aliphatic rings. The number of ketones is 1. The van der Waals surface area contributed by atoms with Crippen LogP contribution in [0.1, 0.15) is 36.3 Å². The van der Waals surface area contributed by atoms with Crippen molar-refractivity contribution in [2.45, 2.75) is 25.2 Å². The summed E-state index contributed by atoms with van der Waals surface area (Å²) in [5.41, 5.74) is 10.3. The number of nitriles is 1. The normalized spacial score (nSPS) is 20.6. The zero-order chi connectivity index (χ0) is 20.1. The van der Waals surface area contributed by atoms with Crippen molar-refractivity contribution in [1.82, 2.24) is 0 Å². The minimum atomic E-state index is -0.573. The lowest BCUT2D eigenvalue weighted by molar-refractivity contribution is -0.116. The van der Waals surface area contributed by atoms with Crippen LogP contribution in [0, 0.1) is 17.1 Å². The van der Waals surface area contributed by atoms with Gasteiger partial charge in [-0.05, 0) is 42.7 Å². The lowest BCUT2D eigenvalue weighted by Crippen LogP contribution is -2.39. The molecule has 5 rings (SSSR count). The van der Waals surface area contributed by atoms with E-state index in [2.05, 4.69) is 11.1 Å². The van der Waals surface area contributed by atoms with E-state index in [-0.39, 0.29) is 11.6 Å². The molecule has 29 heavy (non-hydrogen) atoms. The Balaban J connectivity index is 1.83. The third kappa shape index (κ3) is 2.51. The number of benzene rings is 2. The molecule has 2 heterocycles. The Hall–Kier alpha value is -3.72. The van der Waals surface area contributed by atoms with E-state index in [0.29, 0.717) is 41.2 Å². The van der Waals surface area contributed by atoms with Gasteiger partial charge in [-0.25, -0.2) is 9.38 Å². The predicted molar refractivity (Wildman–Crippen MR) is 107 cm³/mol. The van der Waals surface area contributed by atoms with Gasteiger partial charge in [0.1, 0.15) is 11.7 Å². The highest BCUT2D eigenvalue weighted by molar-refractivity contribution is 6.08. The summed E-state index contributed by atoms with van der Waals surface area (Å²) in [6.45, 7) is 0. The quantitative estimate of drug-likeness (QED) is 0.809. The Bertz CT molecular complexity index is 1180. The van der Waals surface area contributed by atoms with Crippen LogP contribution in [-0.4, -0.2) is 11.6 Å². The van der Waals surface area contributed by atoms with Crippen molar-refractivity contribution < 1.29 is 9.18 Å². The highest BCUT2D eigenvalue weighted by atomic mass is 19.1. The van der Waals surface area contributed by atoms with Gasteiger partial charge in [-0.3, -0.25) is 9.69 Å². The first kappa shape index (κ1) is 17.4. The number of fused-ring (bicyclic) bond motifs is 4. The third-order valence-corrected chi connectivity index (χ3v) is 5.70. The zero-order valence-corrected chi connectivity index (χ0v) is 15.5. The van der Waals surface area contributed by atoms with E-state index in [4.69, 9.17) is 5.73 Å². The molecule has 2 aliphatic heterocycles. The van der Waals surface area contributed by atoms with Crippen LogP contribution in [0.5, 0.6) is 0 Å². The Labute approximate surface area is 167 Å². The number of hydrogen-bond donors (Lipinski definition) is 1. The van der Waals surface area contributed by atoms with Crippen LogP contribution in [-0.2, 0) is 4.79 Å². The lowest BCUT2D eigenvalue weighted by Gasteiger charge is -2.41. The number of amidine groups is 1. The Morgan fingerprint density at radius 3 is 2.66 bits per heavy atom. The van der Waals surface area contributed by atoms with Crippen LogP contribution in [0.25, 0.3) is 0 Å². The van der Waals surface area contributed by atoms with E-state index in [1.807, 2.05) is 29.2 Å². The summed E-state index contributed by atoms with van der Waals surface area (Å²) in [6, 6.07) is 15.8. The van der Waals surface area contributed by atoms with Crippen LogP contribution in [0.2, 0.25) is 0 Å². The molecule has 0 saturated carbocycles. The average molecular weight is 384 g/mol. The van der Waals surface area contributed by atoms with Crippen molar-refractivity contribution in [1.29, 1.82) is 5.26 Å². The summed E-state index contributed by atoms with van der Waals surface area (Å²) >= 11 is 0. The average Bonchev–Trinajstić information content (AvgIpc) is 2.74. The smallest absolute Gasteiger partial charge is 0.161 e. The molecule has 5 nitrogen and oxygen atoms in total. The lowest BCUT2D eigenvalue weighted by atomic mass is 9.75. The number of allylic oxidation sites excluding steroid dienone is 3. The summed E-state index contributed by atoms with van der Waals surface area (Å²) in [5.74, 6) is -0.130. The van der Waals surface area contributed by atoms with Crippen LogP contribution in [0.4, 0.5) is 10.1 Å². The molecule has 0 saturated heterocycles. The number of halogens is 1. The molecule has 6 heteroatoms. The topological polar surface area (TPSA) is 82.5 Å². The van der Waals surface area contributed by atoms with Crippen molar-refractivity contribution >= 4 is 17.3 Å². The first-order valence-corrected chi connectivity index (χ1v) is 9.50. The fourth-order valence-corrected chi connectivity index (χ4v) is 4.46. The zero-order valence-electron chi connectivity index (χ0n) is 15.5. The molecular formula is C23H17FN4O. The Morgan fingerprint density at radius 1 is 1.14 bits per heavy atom. The van der Waals surface area contributed by atoms with Gasteiger partial charge in [-0.2, -0.15) is 5.26 Å². The van der Waals surface area contributed by atoms with E-state index in [1.54, 1.807) is 12.1 Å². The van der Waals surface area contributed by atoms with Gasteiger partial charge in [0, 0.05) is 23.3 Å². The largest absolute Gasteiger partial charge is 0.383 e. The van der Waals surface area contributed by atoms with Gasteiger partial charge in [-0.1, -0.05) is 24.3 Å². The molecular weight excluding hydrogens is 367 g/mol. The van der Waals surface area contributed by atoms with Gasteiger partial charge in [0.05, 0.1) is 23.2 Å². The number of carbonyl (C=O) groups is 1. The van der Waals surface area contributed by atoms with E-state index >= 15 is 0 Å². The van der Waals surface area contributed by atoms with Gasteiger partial charge in [0.25, 0.3) is 0 Å². The number of anilines is 1. The Morgan fingerprint density at radius 2 is 1.90 bits per heavy atom. The third-order valence-electron chi connectivity index (χ3n) is 5.70. The summed E-state index contributed by atoms with van der Waals surface area (Å²) in [6.07, 6.45) is 1.87. The minimum absolute atomic E-state index is 0.0207. The molecule has 2 aromatic rings. The number of Topliss-reactive ketones (excluding diaryl/α,β-unsaturated/α-hetero) is 1. The number of nitrogens with two attached hydrogens (primary N) is 1. The molecule has 0 unspecified atom stereocenters. The second kappa shape index (κ2) is 6.42. The number of hydrogen-bond acceptors (Lipinski definition) is 5. The van der Waals surface area contributed by atoms with Crippen molar-refractivity contribution in [2.24, 2.45) is 10.7 Å². The summed E-state index contributed by atoms with van der Waals surface area (Å²) in [7, 11) is 0. The molecule has 142 valence electrons. The molecule has 0 spiro atoms. The maximum atomic E-state index is 13.5. The van der Waals surface area contributed by atoms with Gasteiger partial charge in [-0.15, -0.1) is 0 Å². The van der Waals surface area contributed by atoms with Gasteiger partial charge < -0.3 is 5.73 Å². The summed E-state index contributed by atoms with van der Waals surface area (Å²) in [5, 5.41) is 10.1. The molecule has 1 aliphatic carbocycles. The molecule has 0 radical (unpaired) electrons. The molecule has 1 atom stereocenters. The number of rotatable bonds is 1. The molecule has 0 fully saturated rings. The predicted octanol–water partition coefficient (Wildman–Crippen LogP) is 3.89. The number of aliphatic imine (C=N–C) groups is 1. The second-order valence-electron chi connectivity index (χ2n) is 7.32. The SMILES string of the molecule is N#CC1=C2N=C(N)c3ccccc3N2C2=C(C(=O)CCC2)[C@@H]1c1ccc(F)cc1. The molecule has 0 bridgehead atoms. The second-order valence-corrected chi connectivity index (χ2v) is 7.32. The van der Waals surface area contributed by atoms with E-state index in [1.165, 1.54) is 12.1 Å². The van der Waals surface area contributed by atoms with E-state index < -0.39 is 5.92 Å². The number of carbonyl (C=O) groups excluding carboxylic acids is 1. The van der Waals surface area contributed by atoms with E-state index in [9.17, 15) is 14.4 Å². The molecule has 2 aromatic carbocycles. The highest BCUT2D eigenvalue weighted by Gasteiger charge is 2.42. The Kier molecular flexibility index (Phi) is 3.85. The summed E-state index contributed by atoms with van der Waals surface area (Å²) in [4.78, 5) is 19.5. The van der Waals surface area contributed by atoms with E-state index in [0.717, 1.165) is 23.4 Å². The van der Waals surface area contributed by atoms with Crippen LogP contribution >= 0.6 is 0 Å². The summed E-state index contributed by atoms with van der Waals surface area (Å²) < 4.78 is 13.5. The first-order valence-electron chi connectivity index (χ1n) is 9.50. The van der Waals surface area contributed by atoms with Crippen LogP contribution < -0.4 is 10.6 Å². The number of nitrogens with zero attached hydrogens (tertiary/aromatic N) is 3. The van der Waals surface area contributed by atoms with Crippen LogP contribution in [0.3, 0.4) is 0 Å². The molecule has 0 amide bonds. The fraction of sp³-hybridized carbons (Fsp3) is 0.174. The van der Waals surface area contributed by atoms with Crippen LogP contribution in [0.15, 0.2) is 76.2 Å². The van der Waals surface area contributed by atoms with Gasteiger partial charge >= 0.3 is 0 Å². The molecule has 2 N–H and O–H groups in total. The van der Waals surface area contributed by atoms with Gasteiger partial charge in [0.2, 0.25) is 0 Å². The minimum Gasteiger partial charge on any atom is -0.383 e.